The molecule has 7 rings (SSSR count). The zero-order chi connectivity index (χ0) is 33.6. The lowest BCUT2D eigenvalue weighted by atomic mass is 9.73. The Morgan fingerprint density at radius 3 is 2.54 bits per heavy atom. The molecule has 1 spiro atoms. The van der Waals surface area contributed by atoms with Gasteiger partial charge < -0.3 is 19.9 Å². The third-order valence-electron chi connectivity index (χ3n) is 9.18. The predicted molar refractivity (Wildman–Crippen MR) is 191 cm³/mol. The normalized spacial score (nSPS) is 16.4. The van der Waals surface area contributed by atoms with Gasteiger partial charge in [0.05, 0.1) is 21.2 Å². The Hall–Kier alpha value is -4.39. The van der Waals surface area contributed by atoms with E-state index in [0.717, 1.165) is 77.4 Å². The van der Waals surface area contributed by atoms with Crippen molar-refractivity contribution in [1.29, 1.82) is 10.8 Å². The van der Waals surface area contributed by atoms with Gasteiger partial charge in [-0.2, -0.15) is 0 Å². The van der Waals surface area contributed by atoms with Crippen LogP contribution in [0.4, 0.5) is 21.6 Å². The van der Waals surface area contributed by atoms with Gasteiger partial charge in [0.15, 0.2) is 0 Å². The van der Waals surface area contributed by atoms with Gasteiger partial charge in [0.1, 0.15) is 16.7 Å². The van der Waals surface area contributed by atoms with Crippen molar-refractivity contribution in [1.82, 2.24) is 4.98 Å². The minimum atomic E-state index is -0.446. The maximum absolute atomic E-state index is 14.6. The summed E-state index contributed by atoms with van der Waals surface area (Å²) >= 11 is 2.52. The van der Waals surface area contributed by atoms with Crippen molar-refractivity contribution in [2.45, 2.75) is 33.1 Å². The number of pyridine rings is 1. The van der Waals surface area contributed by atoms with Crippen molar-refractivity contribution in [2.24, 2.45) is 5.41 Å². The Morgan fingerprint density at radius 2 is 1.81 bits per heavy atom. The van der Waals surface area contributed by atoms with Crippen LogP contribution in [0.1, 0.15) is 56.5 Å². The highest BCUT2D eigenvalue weighted by atomic mass is 32.2. The molecule has 0 unspecified atom stereocenters. The molecule has 5 heterocycles. The van der Waals surface area contributed by atoms with Crippen LogP contribution in [0.5, 0.6) is 0 Å². The minimum Gasteiger partial charge on any atom is -0.381 e. The minimum absolute atomic E-state index is 0.235. The standard InChI is InChI=1S/C36H35FN6O3S2/c1-21-15-28(33(40-18-21)42-19-36(20-42)10-13-46-14-11-36)34(44)41-26-6-3-23(4-7-26)35(45)43-12-9-24-16-30(32(39)47-22(2)38)48-31(24)27-8-5-25(37)17-29(27)43/h3-8,15-18,38-39H,9-14,19-20H2,1-2H3,(H,41,44). The first-order chi connectivity index (χ1) is 23.1. The molecule has 0 radical (unpaired) electrons. The SMILES string of the molecule is CC(=N)SC(=N)c1cc2c(s1)-c1ccc(F)cc1N(C(=O)c1ccc(NC(=O)c3cc(C)cnc3N3CC4(CCOCC4)C3)cc1)CC2. The molecule has 12 heteroatoms. The van der Waals surface area contributed by atoms with Crippen LogP contribution in [0.25, 0.3) is 10.4 Å². The number of hydrogen-bond donors (Lipinski definition) is 3. The third-order valence-corrected chi connectivity index (χ3v) is 11.3. The number of nitrogens with zero attached hydrogens (tertiary/aromatic N) is 3. The number of thioether (sulfide) groups is 1. The molecule has 4 aromatic rings. The number of carbonyl (C=O) groups excluding carboxylic acids is 2. The molecule has 3 aliphatic heterocycles. The van der Waals surface area contributed by atoms with Gasteiger partial charge in [-0.05, 0) is 98.8 Å². The molecule has 2 amide bonds. The molecular formula is C36H35FN6O3S2. The van der Waals surface area contributed by atoms with E-state index in [2.05, 4.69) is 15.2 Å². The summed E-state index contributed by atoms with van der Waals surface area (Å²) in [5.74, 6) is -0.311. The van der Waals surface area contributed by atoms with Crippen molar-refractivity contribution < 1.29 is 18.7 Å². The molecule has 2 saturated heterocycles. The molecular weight excluding hydrogens is 648 g/mol. The van der Waals surface area contributed by atoms with E-state index in [4.69, 9.17) is 15.6 Å². The molecule has 2 aromatic heterocycles. The molecule has 3 aliphatic rings. The van der Waals surface area contributed by atoms with Crippen LogP contribution in [-0.2, 0) is 11.2 Å². The summed E-state index contributed by atoms with van der Waals surface area (Å²) in [5, 5.41) is 19.8. The number of amides is 2. The van der Waals surface area contributed by atoms with E-state index in [0.29, 0.717) is 51.4 Å². The Bertz CT molecular complexity index is 1950. The maximum Gasteiger partial charge on any atom is 0.259 e. The number of thiophene rings is 1. The summed E-state index contributed by atoms with van der Waals surface area (Å²) in [6.45, 7) is 7.15. The van der Waals surface area contributed by atoms with Gasteiger partial charge in [-0.1, -0.05) is 11.8 Å². The highest BCUT2D eigenvalue weighted by Crippen LogP contribution is 2.44. The quantitative estimate of drug-likeness (QED) is 0.149. The highest BCUT2D eigenvalue weighted by Gasteiger charge is 2.45. The number of hydrogen-bond acceptors (Lipinski definition) is 9. The fourth-order valence-electron chi connectivity index (χ4n) is 6.71. The number of carbonyl (C=O) groups is 2. The zero-order valence-corrected chi connectivity index (χ0v) is 28.3. The Balaban J connectivity index is 1.08. The van der Waals surface area contributed by atoms with Gasteiger partial charge >= 0.3 is 0 Å². The lowest BCUT2D eigenvalue weighted by Crippen LogP contribution is -2.59. The second-order valence-electron chi connectivity index (χ2n) is 12.7. The molecule has 2 aromatic carbocycles. The van der Waals surface area contributed by atoms with Gasteiger partial charge in [0, 0.05) is 66.2 Å². The van der Waals surface area contributed by atoms with Crippen LogP contribution < -0.4 is 15.1 Å². The molecule has 2 fully saturated rings. The van der Waals surface area contributed by atoms with E-state index in [9.17, 15) is 14.0 Å². The van der Waals surface area contributed by atoms with E-state index in [-0.39, 0.29) is 17.2 Å². The molecule has 0 aliphatic carbocycles. The first kappa shape index (κ1) is 32.2. The van der Waals surface area contributed by atoms with Crippen LogP contribution >= 0.6 is 23.1 Å². The Labute approximate surface area is 286 Å². The topological polar surface area (TPSA) is 122 Å². The number of aromatic nitrogens is 1. The summed E-state index contributed by atoms with van der Waals surface area (Å²) in [6.07, 6.45) is 4.36. The van der Waals surface area contributed by atoms with E-state index in [1.807, 2.05) is 19.1 Å². The number of anilines is 3. The lowest BCUT2D eigenvalue weighted by molar-refractivity contribution is -0.000510. The van der Waals surface area contributed by atoms with Gasteiger partial charge in [0.25, 0.3) is 11.8 Å². The van der Waals surface area contributed by atoms with Gasteiger partial charge in [-0.15, -0.1) is 11.3 Å². The molecule has 0 atom stereocenters. The van der Waals surface area contributed by atoms with Gasteiger partial charge in [0.2, 0.25) is 0 Å². The number of nitrogens with one attached hydrogen (secondary N) is 3. The zero-order valence-electron chi connectivity index (χ0n) is 26.7. The van der Waals surface area contributed by atoms with Crippen LogP contribution in [0, 0.1) is 29.0 Å². The fourth-order valence-corrected chi connectivity index (χ4v) is 8.51. The number of rotatable bonds is 5. The van der Waals surface area contributed by atoms with E-state index in [1.165, 1.54) is 23.5 Å². The van der Waals surface area contributed by atoms with E-state index in [1.54, 1.807) is 48.4 Å². The highest BCUT2D eigenvalue weighted by molar-refractivity contribution is 8.26. The molecule has 0 bridgehead atoms. The number of halogens is 1. The summed E-state index contributed by atoms with van der Waals surface area (Å²) < 4.78 is 20.2. The van der Waals surface area contributed by atoms with Gasteiger partial charge in [-0.25, -0.2) is 9.37 Å². The van der Waals surface area contributed by atoms with Gasteiger partial charge in [-0.3, -0.25) is 20.4 Å². The largest absolute Gasteiger partial charge is 0.381 e. The van der Waals surface area contributed by atoms with Crippen LogP contribution in [0.15, 0.2) is 60.8 Å². The van der Waals surface area contributed by atoms with Crippen molar-refractivity contribution in [3.8, 4) is 10.4 Å². The van der Waals surface area contributed by atoms with Crippen molar-refractivity contribution in [2.75, 3.05) is 48.0 Å². The number of ether oxygens (including phenoxy) is 1. The fraction of sp³-hybridized carbons (Fsp3) is 0.306. The maximum atomic E-state index is 14.6. The molecule has 3 N–H and O–H groups in total. The molecule has 0 saturated carbocycles. The predicted octanol–water partition coefficient (Wildman–Crippen LogP) is 7.39. The van der Waals surface area contributed by atoms with Crippen LogP contribution in [-0.4, -0.2) is 59.7 Å². The second-order valence-corrected chi connectivity index (χ2v) is 15.0. The number of benzene rings is 2. The van der Waals surface area contributed by atoms with Crippen LogP contribution in [0.2, 0.25) is 0 Å². The monoisotopic (exact) mass is 682 g/mol. The summed E-state index contributed by atoms with van der Waals surface area (Å²) in [6, 6.07) is 15.0. The lowest BCUT2D eigenvalue weighted by Gasteiger charge is -2.53. The average molecular weight is 683 g/mol. The first-order valence-electron chi connectivity index (χ1n) is 15.9. The third kappa shape index (κ3) is 6.27. The average Bonchev–Trinajstić information content (AvgIpc) is 3.42. The first-order valence-corrected chi connectivity index (χ1v) is 17.5. The summed E-state index contributed by atoms with van der Waals surface area (Å²) in [5.41, 5.74) is 4.78. The number of fused-ring (bicyclic) bond motifs is 3. The number of aryl methyl sites for hydroxylation is 1. The van der Waals surface area contributed by atoms with Crippen molar-refractivity contribution >= 4 is 62.2 Å². The molecule has 246 valence electrons. The van der Waals surface area contributed by atoms with E-state index >= 15 is 0 Å². The second kappa shape index (κ2) is 12.9. The summed E-state index contributed by atoms with van der Waals surface area (Å²) in [7, 11) is 0. The Morgan fingerprint density at radius 1 is 1.06 bits per heavy atom. The molecule has 9 nitrogen and oxygen atoms in total. The van der Waals surface area contributed by atoms with E-state index < -0.39 is 5.82 Å². The Kier molecular flexibility index (Phi) is 8.65. The van der Waals surface area contributed by atoms with Crippen molar-refractivity contribution in [3.63, 3.8) is 0 Å². The smallest absolute Gasteiger partial charge is 0.259 e. The summed E-state index contributed by atoms with van der Waals surface area (Å²) in [4.78, 5) is 37.5. The molecule has 48 heavy (non-hydrogen) atoms. The van der Waals surface area contributed by atoms with Crippen LogP contribution in [0.3, 0.4) is 0 Å². The van der Waals surface area contributed by atoms with Crippen molar-refractivity contribution in [3.05, 3.63) is 93.7 Å².